The Hall–Kier alpha value is -2.51. The van der Waals surface area contributed by atoms with E-state index in [0.717, 1.165) is 11.1 Å². The van der Waals surface area contributed by atoms with Crippen LogP contribution >= 0.6 is 0 Å². The summed E-state index contributed by atoms with van der Waals surface area (Å²) in [6, 6.07) is 15.0. The lowest BCUT2D eigenvalue weighted by atomic mass is 10.1. The van der Waals surface area contributed by atoms with Gasteiger partial charge in [-0.1, -0.05) is 18.2 Å². The summed E-state index contributed by atoms with van der Waals surface area (Å²) in [5.74, 6) is 1.34. The lowest BCUT2D eigenvalue weighted by Crippen LogP contribution is -2.05. The van der Waals surface area contributed by atoms with Crippen molar-refractivity contribution in [2.24, 2.45) is 5.73 Å². The molecular formula is C17H18N2O2. The van der Waals surface area contributed by atoms with Crippen LogP contribution in [0.2, 0.25) is 0 Å². The molecule has 1 atom stereocenters. The van der Waals surface area contributed by atoms with E-state index in [2.05, 4.69) is 6.07 Å². The zero-order chi connectivity index (χ0) is 15.2. The second-order valence-corrected chi connectivity index (χ2v) is 4.80. The zero-order valence-electron chi connectivity index (χ0n) is 12.2. The van der Waals surface area contributed by atoms with E-state index in [1.54, 1.807) is 19.2 Å². The third kappa shape index (κ3) is 3.74. The predicted molar refractivity (Wildman–Crippen MR) is 81.1 cm³/mol. The Bertz CT molecular complexity index is 643. The molecule has 0 spiro atoms. The highest BCUT2D eigenvalue weighted by molar-refractivity contribution is 5.44. The Morgan fingerprint density at radius 2 is 1.86 bits per heavy atom. The fourth-order valence-electron chi connectivity index (χ4n) is 1.92. The molecule has 4 nitrogen and oxygen atoms in total. The van der Waals surface area contributed by atoms with Crippen LogP contribution in [0.25, 0.3) is 0 Å². The van der Waals surface area contributed by atoms with Gasteiger partial charge in [0.15, 0.2) is 11.5 Å². The highest BCUT2D eigenvalue weighted by Crippen LogP contribution is 2.30. The van der Waals surface area contributed by atoms with Gasteiger partial charge in [-0.25, -0.2) is 0 Å². The molecule has 21 heavy (non-hydrogen) atoms. The van der Waals surface area contributed by atoms with Gasteiger partial charge in [0.2, 0.25) is 0 Å². The number of ether oxygens (including phenoxy) is 2. The molecule has 2 N–H and O–H groups in total. The molecule has 0 aliphatic rings. The standard InChI is InChI=1S/C17H18N2O2/c1-12(19)15-7-8-16(17(9-15)20-2)21-11-14-5-3-13(10-18)4-6-14/h3-9,12H,11,19H2,1-2H3/t12-/m1/s1. The van der Waals surface area contributed by atoms with Crippen molar-refractivity contribution >= 4 is 0 Å². The number of methoxy groups -OCH3 is 1. The Kier molecular flexibility index (Phi) is 4.81. The average molecular weight is 282 g/mol. The van der Waals surface area contributed by atoms with Gasteiger partial charge in [-0.3, -0.25) is 0 Å². The summed E-state index contributed by atoms with van der Waals surface area (Å²) in [7, 11) is 1.61. The molecule has 0 aliphatic carbocycles. The van der Waals surface area contributed by atoms with E-state index >= 15 is 0 Å². The molecule has 0 amide bonds. The molecule has 0 heterocycles. The molecule has 0 fully saturated rings. The Morgan fingerprint density at radius 1 is 1.14 bits per heavy atom. The Morgan fingerprint density at radius 3 is 2.43 bits per heavy atom. The minimum absolute atomic E-state index is 0.0496. The predicted octanol–water partition coefficient (Wildman–Crippen LogP) is 3.17. The quantitative estimate of drug-likeness (QED) is 0.914. The first kappa shape index (κ1) is 14.9. The molecule has 0 saturated carbocycles. The SMILES string of the molecule is COc1cc([C@@H](C)N)ccc1OCc1ccc(C#N)cc1. The summed E-state index contributed by atoms with van der Waals surface area (Å²) >= 11 is 0. The molecule has 4 heteroatoms. The molecule has 2 aromatic rings. The van der Waals surface area contributed by atoms with Gasteiger partial charge in [0.1, 0.15) is 6.61 Å². The van der Waals surface area contributed by atoms with Gasteiger partial charge in [-0.05, 0) is 42.3 Å². The maximum atomic E-state index is 8.77. The van der Waals surface area contributed by atoms with Crippen molar-refractivity contribution in [3.8, 4) is 17.6 Å². The van der Waals surface area contributed by atoms with Crippen molar-refractivity contribution in [1.29, 1.82) is 5.26 Å². The van der Waals surface area contributed by atoms with E-state index in [-0.39, 0.29) is 6.04 Å². The van der Waals surface area contributed by atoms with E-state index in [1.807, 2.05) is 37.3 Å². The first-order valence-corrected chi connectivity index (χ1v) is 6.69. The number of rotatable bonds is 5. The second kappa shape index (κ2) is 6.78. The van der Waals surface area contributed by atoms with Crippen LogP contribution < -0.4 is 15.2 Å². The minimum Gasteiger partial charge on any atom is -0.493 e. The smallest absolute Gasteiger partial charge is 0.161 e. The van der Waals surface area contributed by atoms with Crippen molar-refractivity contribution < 1.29 is 9.47 Å². The average Bonchev–Trinajstić information content (AvgIpc) is 2.53. The highest BCUT2D eigenvalue weighted by atomic mass is 16.5. The normalized spacial score (nSPS) is 11.5. The lowest BCUT2D eigenvalue weighted by Gasteiger charge is -2.13. The summed E-state index contributed by atoms with van der Waals surface area (Å²) in [6.07, 6.45) is 0. The molecule has 108 valence electrons. The fourth-order valence-corrected chi connectivity index (χ4v) is 1.92. The van der Waals surface area contributed by atoms with E-state index in [9.17, 15) is 0 Å². The van der Waals surface area contributed by atoms with Crippen LogP contribution in [-0.4, -0.2) is 7.11 Å². The van der Waals surface area contributed by atoms with Gasteiger partial charge in [0, 0.05) is 6.04 Å². The summed E-state index contributed by atoms with van der Waals surface area (Å²) in [4.78, 5) is 0. The van der Waals surface area contributed by atoms with Crippen LogP contribution in [0.4, 0.5) is 0 Å². The molecule has 0 aromatic heterocycles. The molecule has 2 rings (SSSR count). The number of benzene rings is 2. The first-order chi connectivity index (χ1) is 10.1. The molecule has 0 aliphatic heterocycles. The topological polar surface area (TPSA) is 68.3 Å². The van der Waals surface area contributed by atoms with Crippen molar-refractivity contribution in [3.63, 3.8) is 0 Å². The van der Waals surface area contributed by atoms with Crippen molar-refractivity contribution in [2.75, 3.05) is 7.11 Å². The first-order valence-electron chi connectivity index (χ1n) is 6.69. The lowest BCUT2D eigenvalue weighted by molar-refractivity contribution is 0.284. The molecule has 0 bridgehead atoms. The molecule has 0 radical (unpaired) electrons. The molecule has 2 aromatic carbocycles. The number of nitrogens with two attached hydrogens (primary N) is 1. The van der Waals surface area contributed by atoms with Crippen LogP contribution in [0, 0.1) is 11.3 Å². The second-order valence-electron chi connectivity index (χ2n) is 4.80. The van der Waals surface area contributed by atoms with E-state index in [0.29, 0.717) is 23.7 Å². The summed E-state index contributed by atoms with van der Waals surface area (Å²) < 4.78 is 11.1. The van der Waals surface area contributed by atoms with Gasteiger partial charge in [-0.15, -0.1) is 0 Å². The number of nitrogens with zero attached hydrogens (tertiary/aromatic N) is 1. The third-order valence-corrected chi connectivity index (χ3v) is 3.19. The van der Waals surface area contributed by atoms with Gasteiger partial charge < -0.3 is 15.2 Å². The largest absolute Gasteiger partial charge is 0.493 e. The summed E-state index contributed by atoms with van der Waals surface area (Å²) in [5, 5.41) is 8.77. The summed E-state index contributed by atoms with van der Waals surface area (Å²) in [5.41, 5.74) is 8.48. The van der Waals surface area contributed by atoms with Crippen LogP contribution in [-0.2, 0) is 6.61 Å². The van der Waals surface area contributed by atoms with Gasteiger partial charge in [0.25, 0.3) is 0 Å². The molecule has 0 unspecified atom stereocenters. The summed E-state index contributed by atoms with van der Waals surface area (Å²) in [6.45, 7) is 2.34. The van der Waals surface area contributed by atoms with Gasteiger partial charge in [-0.2, -0.15) is 5.26 Å². The zero-order valence-corrected chi connectivity index (χ0v) is 12.2. The number of hydrogen-bond acceptors (Lipinski definition) is 4. The third-order valence-electron chi connectivity index (χ3n) is 3.19. The van der Waals surface area contributed by atoms with Crippen LogP contribution in [0.1, 0.15) is 29.7 Å². The van der Waals surface area contributed by atoms with Crippen molar-refractivity contribution in [1.82, 2.24) is 0 Å². The Balaban J connectivity index is 2.10. The molecular weight excluding hydrogens is 264 g/mol. The van der Waals surface area contributed by atoms with Crippen molar-refractivity contribution in [3.05, 3.63) is 59.2 Å². The minimum atomic E-state index is -0.0496. The van der Waals surface area contributed by atoms with Gasteiger partial charge >= 0.3 is 0 Å². The van der Waals surface area contributed by atoms with E-state index in [1.165, 1.54) is 0 Å². The van der Waals surface area contributed by atoms with Gasteiger partial charge in [0.05, 0.1) is 18.7 Å². The Labute approximate surface area is 124 Å². The van der Waals surface area contributed by atoms with E-state index < -0.39 is 0 Å². The van der Waals surface area contributed by atoms with Crippen LogP contribution in [0.15, 0.2) is 42.5 Å². The van der Waals surface area contributed by atoms with Crippen molar-refractivity contribution in [2.45, 2.75) is 19.6 Å². The van der Waals surface area contributed by atoms with E-state index in [4.69, 9.17) is 20.5 Å². The number of nitriles is 1. The maximum Gasteiger partial charge on any atom is 0.161 e. The maximum absolute atomic E-state index is 8.77. The fraction of sp³-hybridized carbons (Fsp3) is 0.235. The highest BCUT2D eigenvalue weighted by Gasteiger charge is 2.08. The molecule has 0 saturated heterocycles. The van der Waals surface area contributed by atoms with Crippen LogP contribution in [0.3, 0.4) is 0 Å². The van der Waals surface area contributed by atoms with Crippen LogP contribution in [0.5, 0.6) is 11.5 Å². The monoisotopic (exact) mass is 282 g/mol. The number of hydrogen-bond donors (Lipinski definition) is 1.